The zero-order chi connectivity index (χ0) is 31.1. The number of nitrogens with one attached hydrogen (secondary N) is 2. The molecule has 0 aliphatic heterocycles. The Morgan fingerprint density at radius 2 is 1.48 bits per heavy atom. The molecule has 9 heteroatoms. The number of alkyl carbamates (subject to hydrolysis) is 1. The van der Waals surface area contributed by atoms with E-state index in [1.807, 2.05) is 49.4 Å². The van der Waals surface area contributed by atoms with Crippen LogP contribution in [0, 0.1) is 17.6 Å². The average Bonchev–Trinajstić information content (AvgIpc) is 3.36. The number of halogens is 2. The molecule has 0 aliphatic rings. The number of nitrogens with zero attached hydrogens (tertiary/aromatic N) is 2. The summed E-state index contributed by atoms with van der Waals surface area (Å²) in [5.41, 5.74) is 5.43. The van der Waals surface area contributed by atoms with Gasteiger partial charge in [0, 0.05) is 20.1 Å². The molecule has 0 bridgehead atoms. The SMILES string of the molecule is C[C@@H](CCCNC(=O)OCc1ccccc1)CNC(=O)c1nc2cc(-c3ccc(F)cc3)c(-c3ccc(F)cc3)cc2n1C. The van der Waals surface area contributed by atoms with Crippen LogP contribution in [0.1, 0.15) is 35.9 Å². The first-order valence-corrected chi connectivity index (χ1v) is 14.5. The molecule has 226 valence electrons. The highest BCUT2D eigenvalue weighted by Gasteiger charge is 2.19. The first kappa shape index (κ1) is 30.4. The second kappa shape index (κ2) is 13.9. The van der Waals surface area contributed by atoms with Gasteiger partial charge in [0.2, 0.25) is 0 Å². The highest BCUT2D eigenvalue weighted by Crippen LogP contribution is 2.36. The van der Waals surface area contributed by atoms with Crippen LogP contribution in [0.15, 0.2) is 91.0 Å². The number of benzene rings is 4. The Kier molecular flexibility index (Phi) is 9.64. The Hall–Kier alpha value is -5.05. The van der Waals surface area contributed by atoms with Crippen LogP contribution in [-0.2, 0) is 18.4 Å². The molecule has 0 radical (unpaired) electrons. The number of hydrogen-bond acceptors (Lipinski definition) is 4. The molecule has 1 atom stereocenters. The summed E-state index contributed by atoms with van der Waals surface area (Å²) in [6.45, 7) is 3.18. The fraction of sp³-hybridized carbons (Fsp3) is 0.229. The van der Waals surface area contributed by atoms with Gasteiger partial charge in [-0.2, -0.15) is 0 Å². The number of fused-ring (bicyclic) bond motifs is 1. The second-order valence-corrected chi connectivity index (χ2v) is 10.8. The number of rotatable bonds is 11. The molecule has 7 nitrogen and oxygen atoms in total. The molecule has 1 heterocycles. The third-order valence-electron chi connectivity index (χ3n) is 7.50. The quantitative estimate of drug-likeness (QED) is 0.157. The molecule has 5 rings (SSSR count). The summed E-state index contributed by atoms with van der Waals surface area (Å²) in [4.78, 5) is 29.8. The normalized spacial score (nSPS) is 11.7. The van der Waals surface area contributed by atoms with Gasteiger partial charge in [0.15, 0.2) is 5.82 Å². The minimum atomic E-state index is -0.457. The van der Waals surface area contributed by atoms with E-state index in [1.54, 1.807) is 35.9 Å². The van der Waals surface area contributed by atoms with Crippen molar-refractivity contribution >= 4 is 23.0 Å². The smallest absolute Gasteiger partial charge is 0.407 e. The van der Waals surface area contributed by atoms with Crippen molar-refractivity contribution < 1.29 is 23.1 Å². The number of imidazole rings is 1. The number of ether oxygens (including phenoxy) is 1. The van der Waals surface area contributed by atoms with Crippen LogP contribution in [0.2, 0.25) is 0 Å². The topological polar surface area (TPSA) is 85.2 Å². The van der Waals surface area contributed by atoms with Gasteiger partial charge in [0.1, 0.15) is 18.2 Å². The van der Waals surface area contributed by atoms with Crippen molar-refractivity contribution in [3.05, 3.63) is 114 Å². The molecule has 0 unspecified atom stereocenters. The number of hydrogen-bond donors (Lipinski definition) is 2. The van der Waals surface area contributed by atoms with Crippen LogP contribution in [0.3, 0.4) is 0 Å². The second-order valence-electron chi connectivity index (χ2n) is 10.8. The molecule has 0 saturated heterocycles. The van der Waals surface area contributed by atoms with Crippen molar-refractivity contribution in [2.24, 2.45) is 13.0 Å². The summed E-state index contributed by atoms with van der Waals surface area (Å²) in [6, 6.07) is 25.6. The fourth-order valence-electron chi connectivity index (χ4n) is 5.04. The van der Waals surface area contributed by atoms with Gasteiger partial charge in [-0.1, -0.05) is 61.5 Å². The Labute approximate surface area is 254 Å². The van der Waals surface area contributed by atoms with E-state index in [4.69, 9.17) is 4.74 Å². The number of aryl methyl sites for hydroxylation is 1. The van der Waals surface area contributed by atoms with Gasteiger partial charge in [0.25, 0.3) is 5.91 Å². The van der Waals surface area contributed by atoms with Crippen molar-refractivity contribution in [1.82, 2.24) is 20.2 Å². The molecular weight excluding hydrogens is 562 g/mol. The summed E-state index contributed by atoms with van der Waals surface area (Å²) in [7, 11) is 1.78. The number of aromatic nitrogens is 2. The molecule has 2 amide bonds. The Morgan fingerprint density at radius 3 is 2.11 bits per heavy atom. The monoisotopic (exact) mass is 596 g/mol. The van der Waals surface area contributed by atoms with Crippen molar-refractivity contribution in [2.45, 2.75) is 26.4 Å². The van der Waals surface area contributed by atoms with E-state index in [0.717, 1.165) is 46.2 Å². The fourth-order valence-corrected chi connectivity index (χ4v) is 5.04. The molecule has 44 heavy (non-hydrogen) atoms. The Balaban J connectivity index is 1.21. The van der Waals surface area contributed by atoms with Gasteiger partial charge in [-0.25, -0.2) is 18.6 Å². The summed E-state index contributed by atoms with van der Waals surface area (Å²) in [5, 5.41) is 5.74. The third kappa shape index (κ3) is 7.47. The van der Waals surface area contributed by atoms with E-state index in [9.17, 15) is 18.4 Å². The number of carbonyl (C=O) groups is 2. The lowest BCUT2D eigenvalue weighted by Crippen LogP contribution is -2.31. The van der Waals surface area contributed by atoms with E-state index in [-0.39, 0.29) is 35.9 Å². The summed E-state index contributed by atoms with van der Waals surface area (Å²) in [5.74, 6) is -0.557. The molecule has 0 fully saturated rings. The Morgan fingerprint density at radius 1 is 0.864 bits per heavy atom. The largest absolute Gasteiger partial charge is 0.445 e. The predicted octanol–water partition coefficient (Wildman–Crippen LogP) is 7.26. The first-order chi connectivity index (χ1) is 21.3. The van der Waals surface area contributed by atoms with Crippen molar-refractivity contribution in [3.63, 3.8) is 0 Å². The molecule has 0 spiro atoms. The zero-order valence-electron chi connectivity index (χ0n) is 24.6. The molecule has 0 saturated carbocycles. The molecule has 5 aromatic rings. The maximum Gasteiger partial charge on any atom is 0.407 e. The molecule has 1 aromatic heterocycles. The molecule has 0 aliphatic carbocycles. The van der Waals surface area contributed by atoms with Crippen molar-refractivity contribution in [1.29, 1.82) is 0 Å². The predicted molar refractivity (Wildman–Crippen MR) is 167 cm³/mol. The van der Waals surface area contributed by atoms with Gasteiger partial charge >= 0.3 is 6.09 Å². The van der Waals surface area contributed by atoms with Crippen LogP contribution < -0.4 is 10.6 Å². The van der Waals surface area contributed by atoms with Crippen LogP contribution >= 0.6 is 0 Å². The molecular formula is C35H34F2N4O3. The Bertz CT molecular complexity index is 1740. The van der Waals surface area contributed by atoms with Crippen LogP contribution in [0.4, 0.5) is 13.6 Å². The summed E-state index contributed by atoms with van der Waals surface area (Å²) in [6.07, 6.45) is 1.08. The zero-order valence-corrected chi connectivity index (χ0v) is 24.6. The van der Waals surface area contributed by atoms with Gasteiger partial charge in [-0.05, 0) is 83.0 Å². The number of amides is 2. The maximum atomic E-state index is 13.7. The minimum absolute atomic E-state index is 0.172. The van der Waals surface area contributed by atoms with Gasteiger partial charge < -0.3 is 19.9 Å². The van der Waals surface area contributed by atoms with E-state index in [0.29, 0.717) is 18.6 Å². The standard InChI is InChI=1S/C35H34F2N4O3/c1-23(7-6-18-38-35(43)44-22-24-8-4-3-5-9-24)21-39-34(42)33-40-31-19-29(25-10-14-27(36)15-11-25)30(20-32(31)41(33)2)26-12-16-28(37)17-13-26/h3-5,8-17,19-20,23H,6-7,18,21-22H2,1-2H3,(H,38,43)(H,39,42)/t23-/m0/s1. The van der Waals surface area contributed by atoms with E-state index >= 15 is 0 Å². The summed E-state index contributed by atoms with van der Waals surface area (Å²) < 4.78 is 34.3. The highest BCUT2D eigenvalue weighted by atomic mass is 19.1. The van der Waals surface area contributed by atoms with E-state index in [1.165, 1.54) is 24.3 Å². The van der Waals surface area contributed by atoms with Gasteiger partial charge in [0.05, 0.1) is 11.0 Å². The van der Waals surface area contributed by atoms with Gasteiger partial charge in [-0.15, -0.1) is 0 Å². The van der Waals surface area contributed by atoms with Crippen LogP contribution in [-0.4, -0.2) is 34.6 Å². The van der Waals surface area contributed by atoms with Crippen molar-refractivity contribution in [3.8, 4) is 22.3 Å². The average molecular weight is 597 g/mol. The third-order valence-corrected chi connectivity index (χ3v) is 7.50. The highest BCUT2D eigenvalue weighted by molar-refractivity contribution is 5.98. The maximum absolute atomic E-state index is 13.7. The van der Waals surface area contributed by atoms with Crippen molar-refractivity contribution in [2.75, 3.05) is 13.1 Å². The van der Waals surface area contributed by atoms with Gasteiger partial charge in [-0.3, -0.25) is 4.79 Å². The lowest BCUT2D eigenvalue weighted by molar-refractivity contribution is 0.0934. The van der Waals surface area contributed by atoms with E-state index < -0.39 is 6.09 Å². The first-order valence-electron chi connectivity index (χ1n) is 14.5. The van der Waals surface area contributed by atoms with Crippen LogP contribution in [0.5, 0.6) is 0 Å². The summed E-state index contributed by atoms with van der Waals surface area (Å²) >= 11 is 0. The van der Waals surface area contributed by atoms with Crippen LogP contribution in [0.25, 0.3) is 33.3 Å². The number of carbonyl (C=O) groups excluding carboxylic acids is 2. The van der Waals surface area contributed by atoms with E-state index in [2.05, 4.69) is 15.6 Å². The molecule has 4 aromatic carbocycles. The lowest BCUT2D eigenvalue weighted by Gasteiger charge is -2.13. The molecule has 2 N–H and O–H groups in total. The minimum Gasteiger partial charge on any atom is -0.445 e. The lowest BCUT2D eigenvalue weighted by atomic mass is 9.94.